The van der Waals surface area contributed by atoms with Gasteiger partial charge in [-0.3, -0.25) is 4.79 Å². The predicted molar refractivity (Wildman–Crippen MR) is 110 cm³/mol. The van der Waals surface area contributed by atoms with Crippen LogP contribution in [0.3, 0.4) is 0 Å². The second-order valence-electron chi connectivity index (χ2n) is 6.45. The number of rotatable bonds is 7. The van der Waals surface area contributed by atoms with E-state index in [1.807, 2.05) is 12.3 Å². The number of aryl methyl sites for hydroxylation is 1. The summed E-state index contributed by atoms with van der Waals surface area (Å²) in [6.07, 6.45) is -0.0178. The van der Waals surface area contributed by atoms with Crippen LogP contribution in [0.5, 0.6) is 0 Å². The third-order valence-electron chi connectivity index (χ3n) is 4.13. The zero-order valence-corrected chi connectivity index (χ0v) is 18.4. The van der Waals surface area contributed by atoms with Crippen molar-refractivity contribution in [3.63, 3.8) is 0 Å². The van der Waals surface area contributed by atoms with E-state index in [1.165, 1.54) is 34.8 Å². The molecule has 0 radical (unpaired) electrons. The number of aromatic nitrogens is 2. The summed E-state index contributed by atoms with van der Waals surface area (Å²) in [6.45, 7) is 8.95. The quantitative estimate of drug-likeness (QED) is 0.456. The van der Waals surface area contributed by atoms with Crippen molar-refractivity contribution >= 4 is 38.3 Å². The lowest BCUT2D eigenvalue weighted by Gasteiger charge is -2.08. The minimum absolute atomic E-state index is 0.0417. The number of ketones is 1. The molecule has 0 aliphatic rings. The smallest absolute Gasteiger partial charge is 0.309 e. The van der Waals surface area contributed by atoms with Crippen LogP contribution in [0.25, 0.3) is 15.4 Å². The molecule has 2 heterocycles. The van der Waals surface area contributed by atoms with E-state index in [0.717, 1.165) is 22.7 Å². The van der Waals surface area contributed by atoms with Crippen molar-refractivity contribution in [2.75, 3.05) is 0 Å². The van der Waals surface area contributed by atoms with Crippen LogP contribution < -0.4 is 0 Å². The number of carbonyl (C=O) groups is 1. The van der Waals surface area contributed by atoms with Crippen molar-refractivity contribution in [1.82, 2.24) is 9.97 Å². The molecule has 12 heteroatoms. The first-order chi connectivity index (χ1) is 14.5. The molecule has 0 aliphatic heterocycles. The Morgan fingerprint density at radius 2 is 1.81 bits per heavy atom. The number of nitrogens with zero attached hydrogens (tertiary/aromatic N) is 3. The topological polar surface area (TPSA) is 81.4 Å². The SMILES string of the molecule is [C-]#[N+]Cc1nc(C)c(-c2csc(CC(=O)Cc3ccc(S(=O)(=O)C(F)(F)F)cc3)n2)s1. The van der Waals surface area contributed by atoms with Gasteiger partial charge in [0.05, 0.1) is 27.6 Å². The molecule has 162 valence electrons. The molecule has 0 fully saturated rings. The number of carbonyl (C=O) groups excluding carboxylic acids is 1. The monoisotopic (exact) mass is 485 g/mol. The third kappa shape index (κ3) is 5.17. The Bertz CT molecular complexity index is 1250. The normalized spacial score (nSPS) is 12.0. The highest BCUT2D eigenvalue weighted by Gasteiger charge is 2.46. The number of Topliss-reactive ketones (excluding diaryl/α,β-unsaturated/α-hetero) is 1. The zero-order chi connectivity index (χ0) is 22.8. The van der Waals surface area contributed by atoms with E-state index >= 15 is 0 Å². The van der Waals surface area contributed by atoms with Gasteiger partial charge in [-0.05, 0) is 24.6 Å². The standard InChI is InChI=1S/C19H14F3N3O3S3/c1-11-18(30-17(24-11)9-23-2)15-10-29-16(25-15)8-13(26)7-12-3-5-14(6-4-12)31(27,28)19(20,21)22/h3-6,10H,7-9H2,1H3. The van der Waals surface area contributed by atoms with E-state index in [4.69, 9.17) is 6.57 Å². The van der Waals surface area contributed by atoms with Gasteiger partial charge in [0.2, 0.25) is 0 Å². The Hall–Kier alpha value is -2.62. The molecular formula is C19H14F3N3O3S3. The Kier molecular flexibility index (Phi) is 6.59. The molecule has 0 bridgehead atoms. The maximum absolute atomic E-state index is 12.6. The van der Waals surface area contributed by atoms with Gasteiger partial charge in [-0.15, -0.1) is 22.7 Å². The highest BCUT2D eigenvalue weighted by Crippen LogP contribution is 2.32. The number of alkyl halides is 3. The van der Waals surface area contributed by atoms with Crippen LogP contribution in [0.2, 0.25) is 0 Å². The van der Waals surface area contributed by atoms with Gasteiger partial charge in [-0.25, -0.2) is 25.0 Å². The fourth-order valence-electron chi connectivity index (χ4n) is 2.70. The first-order valence-electron chi connectivity index (χ1n) is 8.67. The summed E-state index contributed by atoms with van der Waals surface area (Å²) in [6, 6.07) is 4.09. The molecule has 0 amide bonds. The minimum atomic E-state index is -5.41. The molecule has 1 aromatic carbocycles. The Labute approximate surface area is 184 Å². The number of halogens is 3. The highest BCUT2D eigenvalue weighted by molar-refractivity contribution is 7.92. The molecule has 0 spiro atoms. The third-order valence-corrected chi connectivity index (χ3v) is 7.64. The zero-order valence-electron chi connectivity index (χ0n) is 15.9. The Morgan fingerprint density at radius 3 is 2.42 bits per heavy atom. The molecule has 3 rings (SSSR count). The molecule has 0 aliphatic carbocycles. The molecule has 0 unspecified atom stereocenters. The number of hydrogen-bond donors (Lipinski definition) is 0. The summed E-state index contributed by atoms with van der Waals surface area (Å²) in [4.78, 5) is 24.4. The second kappa shape index (κ2) is 8.86. The fourth-order valence-corrected chi connectivity index (χ4v) is 5.30. The molecule has 31 heavy (non-hydrogen) atoms. The largest absolute Gasteiger partial charge is 0.501 e. The van der Waals surface area contributed by atoms with E-state index in [2.05, 4.69) is 14.8 Å². The summed E-state index contributed by atoms with van der Waals surface area (Å²) in [5, 5.41) is 3.08. The van der Waals surface area contributed by atoms with Crippen LogP contribution in [-0.2, 0) is 34.0 Å². The molecule has 0 saturated carbocycles. The molecule has 0 N–H and O–H groups in total. The lowest BCUT2D eigenvalue weighted by atomic mass is 10.1. The van der Waals surface area contributed by atoms with Gasteiger partial charge >= 0.3 is 5.51 Å². The maximum Gasteiger partial charge on any atom is 0.501 e. The van der Waals surface area contributed by atoms with Crippen molar-refractivity contribution in [2.45, 2.75) is 36.7 Å². The van der Waals surface area contributed by atoms with Crippen LogP contribution in [-0.4, -0.2) is 29.7 Å². The summed E-state index contributed by atoms with van der Waals surface area (Å²) >= 11 is 2.69. The summed E-state index contributed by atoms with van der Waals surface area (Å²) in [5.41, 5.74) is -3.52. The highest BCUT2D eigenvalue weighted by atomic mass is 32.2. The van der Waals surface area contributed by atoms with Crippen LogP contribution in [0.1, 0.15) is 21.3 Å². The number of hydrogen-bond acceptors (Lipinski definition) is 7. The Balaban J connectivity index is 1.66. The molecular weight excluding hydrogens is 471 g/mol. The first kappa shape index (κ1) is 23.1. The fraction of sp³-hybridized carbons (Fsp3) is 0.263. The molecule has 3 aromatic rings. The second-order valence-corrected chi connectivity index (χ2v) is 10.4. The molecule has 2 aromatic heterocycles. The van der Waals surface area contributed by atoms with Gasteiger partial charge in [-0.1, -0.05) is 12.1 Å². The van der Waals surface area contributed by atoms with Crippen molar-refractivity contribution in [3.05, 3.63) is 62.3 Å². The van der Waals surface area contributed by atoms with Gasteiger partial charge in [0.1, 0.15) is 10.8 Å². The molecule has 0 atom stereocenters. The lowest BCUT2D eigenvalue weighted by molar-refractivity contribution is -0.117. The summed E-state index contributed by atoms with van der Waals surface area (Å²) < 4.78 is 60.6. The van der Waals surface area contributed by atoms with Crippen molar-refractivity contribution < 1.29 is 26.4 Å². The van der Waals surface area contributed by atoms with Crippen molar-refractivity contribution in [3.8, 4) is 10.6 Å². The number of thiazole rings is 2. The number of benzene rings is 1. The average molecular weight is 486 g/mol. The average Bonchev–Trinajstić information content (AvgIpc) is 3.27. The van der Waals surface area contributed by atoms with E-state index < -0.39 is 20.2 Å². The Morgan fingerprint density at radius 1 is 1.13 bits per heavy atom. The van der Waals surface area contributed by atoms with Crippen LogP contribution in [0.15, 0.2) is 34.5 Å². The van der Waals surface area contributed by atoms with Gasteiger partial charge in [0.25, 0.3) is 16.4 Å². The van der Waals surface area contributed by atoms with Crippen LogP contribution in [0, 0.1) is 13.5 Å². The molecule has 6 nitrogen and oxygen atoms in total. The molecule has 0 saturated heterocycles. The van der Waals surface area contributed by atoms with Gasteiger partial charge in [0, 0.05) is 11.8 Å². The van der Waals surface area contributed by atoms with E-state index in [-0.39, 0.29) is 25.2 Å². The van der Waals surface area contributed by atoms with Crippen LogP contribution in [0.4, 0.5) is 13.2 Å². The van der Waals surface area contributed by atoms with Gasteiger partial charge < -0.3 is 4.85 Å². The van der Waals surface area contributed by atoms with Crippen molar-refractivity contribution in [2.24, 2.45) is 0 Å². The minimum Gasteiger partial charge on any atom is -0.309 e. The van der Waals surface area contributed by atoms with E-state index in [1.54, 1.807) is 0 Å². The van der Waals surface area contributed by atoms with Crippen LogP contribution >= 0.6 is 22.7 Å². The lowest BCUT2D eigenvalue weighted by Crippen LogP contribution is -2.23. The van der Waals surface area contributed by atoms with E-state index in [0.29, 0.717) is 21.3 Å². The van der Waals surface area contributed by atoms with Crippen molar-refractivity contribution in [1.29, 1.82) is 0 Å². The maximum atomic E-state index is 12.6. The van der Waals surface area contributed by atoms with E-state index in [9.17, 15) is 26.4 Å². The number of sulfone groups is 1. The first-order valence-corrected chi connectivity index (χ1v) is 11.9. The predicted octanol–water partition coefficient (Wildman–Crippen LogP) is 4.64. The van der Waals surface area contributed by atoms with Gasteiger partial charge in [0.15, 0.2) is 5.01 Å². The van der Waals surface area contributed by atoms with Gasteiger partial charge in [-0.2, -0.15) is 13.2 Å². The summed E-state index contributed by atoms with van der Waals surface area (Å²) in [5.74, 6) is -0.206. The summed E-state index contributed by atoms with van der Waals surface area (Å²) in [7, 11) is -5.41.